The Morgan fingerprint density at radius 1 is 0.677 bits per heavy atom. The van der Waals surface area contributed by atoms with Crippen molar-refractivity contribution in [3.63, 3.8) is 0 Å². The lowest BCUT2D eigenvalue weighted by atomic mass is 10.1. The highest BCUT2D eigenvalue weighted by Gasteiger charge is 2.15. The molecule has 0 N–H and O–H groups in total. The minimum atomic E-state index is -0.363. The SMILES string of the molecule is CCCCCCCCCCCCCCOC(=O)c1ccc(C(=O)OC(C)C(C)C)cc1. The number of carbonyl (C=O) groups excluding carboxylic acids is 2. The normalized spacial score (nSPS) is 12.0. The van der Waals surface area contributed by atoms with Crippen molar-refractivity contribution in [3.05, 3.63) is 35.4 Å². The van der Waals surface area contributed by atoms with E-state index in [2.05, 4.69) is 6.92 Å². The van der Waals surface area contributed by atoms with E-state index in [-0.39, 0.29) is 24.0 Å². The molecule has 4 nitrogen and oxygen atoms in total. The Kier molecular flexibility index (Phi) is 14.7. The molecule has 1 atom stereocenters. The molecule has 0 aliphatic rings. The third-order valence-corrected chi connectivity index (χ3v) is 5.82. The van der Waals surface area contributed by atoms with Crippen molar-refractivity contribution in [2.75, 3.05) is 6.61 Å². The molecule has 1 unspecified atom stereocenters. The maximum Gasteiger partial charge on any atom is 0.338 e. The number of unbranched alkanes of at least 4 members (excludes halogenated alkanes) is 11. The van der Waals surface area contributed by atoms with Gasteiger partial charge in [-0.2, -0.15) is 0 Å². The van der Waals surface area contributed by atoms with Crippen molar-refractivity contribution in [3.8, 4) is 0 Å². The first-order chi connectivity index (χ1) is 15.0. The van der Waals surface area contributed by atoms with Gasteiger partial charge in [-0.1, -0.05) is 91.4 Å². The van der Waals surface area contributed by atoms with Crippen molar-refractivity contribution in [1.82, 2.24) is 0 Å². The van der Waals surface area contributed by atoms with E-state index in [0.717, 1.165) is 12.8 Å². The number of hydrogen-bond acceptors (Lipinski definition) is 4. The molecule has 4 heteroatoms. The molecule has 1 aromatic rings. The van der Waals surface area contributed by atoms with Crippen LogP contribution >= 0.6 is 0 Å². The van der Waals surface area contributed by atoms with Gasteiger partial charge in [-0.25, -0.2) is 9.59 Å². The highest BCUT2D eigenvalue weighted by molar-refractivity contribution is 5.93. The van der Waals surface area contributed by atoms with Crippen molar-refractivity contribution in [2.45, 2.75) is 111 Å². The third-order valence-electron chi connectivity index (χ3n) is 5.82. The van der Waals surface area contributed by atoms with E-state index >= 15 is 0 Å². The van der Waals surface area contributed by atoms with E-state index in [0.29, 0.717) is 17.7 Å². The average molecular weight is 433 g/mol. The Morgan fingerprint density at radius 2 is 1.10 bits per heavy atom. The summed E-state index contributed by atoms with van der Waals surface area (Å²) in [5, 5.41) is 0. The van der Waals surface area contributed by atoms with Gasteiger partial charge in [0.05, 0.1) is 17.7 Å². The van der Waals surface area contributed by atoms with Crippen LogP contribution in [0.4, 0.5) is 0 Å². The maximum atomic E-state index is 12.2. The quantitative estimate of drug-likeness (QED) is 0.186. The largest absolute Gasteiger partial charge is 0.462 e. The van der Waals surface area contributed by atoms with Gasteiger partial charge in [0.1, 0.15) is 6.10 Å². The van der Waals surface area contributed by atoms with Gasteiger partial charge in [0.15, 0.2) is 0 Å². The fourth-order valence-electron chi connectivity index (χ4n) is 3.31. The summed E-state index contributed by atoms with van der Waals surface area (Å²) in [7, 11) is 0. The lowest BCUT2D eigenvalue weighted by Gasteiger charge is -2.16. The molecule has 1 rings (SSSR count). The predicted molar refractivity (Wildman–Crippen MR) is 128 cm³/mol. The molecule has 31 heavy (non-hydrogen) atoms. The second kappa shape index (κ2) is 16.8. The van der Waals surface area contributed by atoms with Gasteiger partial charge in [-0.05, 0) is 43.5 Å². The summed E-state index contributed by atoms with van der Waals surface area (Å²) < 4.78 is 10.8. The van der Waals surface area contributed by atoms with Gasteiger partial charge < -0.3 is 9.47 Å². The maximum absolute atomic E-state index is 12.2. The van der Waals surface area contributed by atoms with E-state index in [1.807, 2.05) is 20.8 Å². The van der Waals surface area contributed by atoms with Crippen LogP contribution in [0.15, 0.2) is 24.3 Å². The molecule has 0 bridgehead atoms. The first-order valence-corrected chi connectivity index (χ1v) is 12.4. The van der Waals surface area contributed by atoms with E-state index in [9.17, 15) is 9.59 Å². The van der Waals surface area contributed by atoms with Gasteiger partial charge in [0.25, 0.3) is 0 Å². The summed E-state index contributed by atoms with van der Waals surface area (Å²) in [6.45, 7) is 8.60. The number of rotatable bonds is 17. The lowest BCUT2D eigenvalue weighted by molar-refractivity contribution is 0.0237. The second-order valence-corrected chi connectivity index (χ2v) is 8.96. The zero-order valence-electron chi connectivity index (χ0n) is 20.3. The number of esters is 2. The second-order valence-electron chi connectivity index (χ2n) is 8.96. The Bertz CT molecular complexity index is 606. The van der Waals surface area contributed by atoms with Gasteiger partial charge in [0, 0.05) is 0 Å². The fraction of sp³-hybridized carbons (Fsp3) is 0.704. The van der Waals surface area contributed by atoms with Crippen LogP contribution in [0.25, 0.3) is 0 Å². The van der Waals surface area contributed by atoms with Crippen LogP contribution in [-0.4, -0.2) is 24.6 Å². The Morgan fingerprint density at radius 3 is 1.55 bits per heavy atom. The summed E-state index contributed by atoms with van der Waals surface area (Å²) in [6, 6.07) is 6.49. The molecule has 0 radical (unpaired) electrons. The van der Waals surface area contributed by atoms with Crippen LogP contribution in [0.1, 0.15) is 125 Å². The Balaban J connectivity index is 2.10. The summed E-state index contributed by atoms with van der Waals surface area (Å²) in [5.41, 5.74) is 0.914. The lowest BCUT2D eigenvalue weighted by Crippen LogP contribution is -2.20. The van der Waals surface area contributed by atoms with Crippen molar-refractivity contribution < 1.29 is 19.1 Å². The number of carbonyl (C=O) groups is 2. The van der Waals surface area contributed by atoms with Crippen LogP contribution in [0.2, 0.25) is 0 Å². The molecule has 0 heterocycles. The molecule has 0 aromatic heterocycles. The molecule has 0 saturated carbocycles. The van der Waals surface area contributed by atoms with Gasteiger partial charge in [-0.15, -0.1) is 0 Å². The molecule has 0 aliphatic carbocycles. The summed E-state index contributed by atoms with van der Waals surface area (Å²) in [4.78, 5) is 24.3. The van der Waals surface area contributed by atoms with Crippen LogP contribution in [0.3, 0.4) is 0 Å². The van der Waals surface area contributed by atoms with Crippen LogP contribution in [0, 0.1) is 5.92 Å². The van der Waals surface area contributed by atoms with E-state index < -0.39 is 0 Å². The molecule has 176 valence electrons. The molecule has 0 spiro atoms. The molecule has 0 fully saturated rings. The zero-order valence-corrected chi connectivity index (χ0v) is 20.3. The van der Waals surface area contributed by atoms with Crippen LogP contribution in [-0.2, 0) is 9.47 Å². The molecular formula is C27H44O4. The molecule has 0 amide bonds. The van der Waals surface area contributed by atoms with Gasteiger partial charge in [0.2, 0.25) is 0 Å². The summed E-state index contributed by atoms with van der Waals surface area (Å²) in [6.07, 6.45) is 15.2. The Labute approximate surface area is 190 Å². The fourth-order valence-corrected chi connectivity index (χ4v) is 3.31. The standard InChI is InChI=1S/C27H44O4/c1-5-6-7-8-9-10-11-12-13-14-15-16-21-30-26(28)24-17-19-25(20-18-24)27(29)31-23(4)22(2)3/h17-20,22-23H,5-16,21H2,1-4H3. The van der Waals surface area contributed by atoms with E-state index in [1.165, 1.54) is 64.2 Å². The van der Waals surface area contributed by atoms with Crippen molar-refractivity contribution >= 4 is 11.9 Å². The number of benzene rings is 1. The zero-order chi connectivity index (χ0) is 22.9. The van der Waals surface area contributed by atoms with Gasteiger partial charge in [-0.3, -0.25) is 0 Å². The van der Waals surface area contributed by atoms with Gasteiger partial charge >= 0.3 is 11.9 Å². The topological polar surface area (TPSA) is 52.6 Å². The van der Waals surface area contributed by atoms with Crippen molar-refractivity contribution in [1.29, 1.82) is 0 Å². The van der Waals surface area contributed by atoms with E-state index in [4.69, 9.17) is 9.47 Å². The predicted octanol–water partition coefficient (Wildman–Crippen LogP) is 7.75. The van der Waals surface area contributed by atoms with Crippen LogP contribution < -0.4 is 0 Å². The molecule has 1 aromatic carbocycles. The first-order valence-electron chi connectivity index (χ1n) is 12.4. The average Bonchev–Trinajstić information content (AvgIpc) is 2.76. The number of ether oxygens (including phenoxy) is 2. The first kappa shape index (κ1) is 27.2. The van der Waals surface area contributed by atoms with E-state index in [1.54, 1.807) is 24.3 Å². The summed E-state index contributed by atoms with van der Waals surface area (Å²) in [5.74, 6) is -0.435. The summed E-state index contributed by atoms with van der Waals surface area (Å²) >= 11 is 0. The highest BCUT2D eigenvalue weighted by atomic mass is 16.5. The number of hydrogen-bond donors (Lipinski definition) is 0. The molecule has 0 saturated heterocycles. The monoisotopic (exact) mass is 432 g/mol. The molecule has 0 aliphatic heterocycles. The third kappa shape index (κ3) is 12.6. The minimum Gasteiger partial charge on any atom is -0.462 e. The Hall–Kier alpha value is -1.84. The van der Waals surface area contributed by atoms with Crippen molar-refractivity contribution in [2.24, 2.45) is 5.92 Å². The van der Waals surface area contributed by atoms with Crippen LogP contribution in [0.5, 0.6) is 0 Å². The smallest absolute Gasteiger partial charge is 0.338 e. The molecular weight excluding hydrogens is 388 g/mol. The highest BCUT2D eigenvalue weighted by Crippen LogP contribution is 2.14. The minimum absolute atomic E-state index is 0.146.